The van der Waals surface area contributed by atoms with Crippen LogP contribution in [-0.2, 0) is 14.3 Å². The SMILES string of the molecule is C=C1CC[C@@H]([C@]2(C)CC[C@H](C(C)(C)OC(C)=O)O2)[C@@H](O)[C@@H]2C(C)=CC[C@@H]12. The second kappa shape index (κ2) is 6.79. The van der Waals surface area contributed by atoms with E-state index in [9.17, 15) is 9.90 Å². The molecule has 0 radical (unpaired) electrons. The number of hydrogen-bond donors (Lipinski definition) is 1. The van der Waals surface area contributed by atoms with Crippen molar-refractivity contribution >= 4 is 5.97 Å². The fourth-order valence-corrected chi connectivity index (χ4v) is 5.51. The molecule has 3 rings (SSSR count). The fourth-order valence-electron chi connectivity index (χ4n) is 5.51. The molecule has 2 fully saturated rings. The van der Waals surface area contributed by atoms with Gasteiger partial charge in [-0.2, -0.15) is 0 Å². The number of hydrogen-bond acceptors (Lipinski definition) is 4. The number of rotatable bonds is 3. The molecule has 0 aromatic carbocycles. The average molecular weight is 363 g/mol. The second-order valence-corrected chi connectivity index (χ2v) is 9.27. The second-order valence-electron chi connectivity index (χ2n) is 9.27. The van der Waals surface area contributed by atoms with Crippen LogP contribution in [0.3, 0.4) is 0 Å². The van der Waals surface area contributed by atoms with E-state index in [-0.39, 0.29) is 23.9 Å². The molecule has 1 heterocycles. The number of aliphatic hydroxyl groups excluding tert-OH is 1. The Morgan fingerprint density at radius 1 is 1.42 bits per heavy atom. The maximum absolute atomic E-state index is 11.4. The molecule has 0 aromatic heterocycles. The van der Waals surface area contributed by atoms with Gasteiger partial charge >= 0.3 is 5.97 Å². The lowest BCUT2D eigenvalue weighted by Gasteiger charge is -2.40. The quantitative estimate of drug-likeness (QED) is 0.604. The number of carbonyl (C=O) groups is 1. The molecule has 6 atom stereocenters. The number of ether oxygens (including phenoxy) is 2. The highest BCUT2D eigenvalue weighted by atomic mass is 16.6. The first kappa shape index (κ1) is 19.6. The van der Waals surface area contributed by atoms with E-state index in [0.717, 1.165) is 32.1 Å². The third kappa shape index (κ3) is 3.38. The maximum atomic E-state index is 11.4. The zero-order valence-corrected chi connectivity index (χ0v) is 16.9. The van der Waals surface area contributed by atoms with Gasteiger partial charge < -0.3 is 14.6 Å². The van der Waals surface area contributed by atoms with Gasteiger partial charge in [0.1, 0.15) is 5.60 Å². The molecule has 2 aliphatic carbocycles. The highest BCUT2D eigenvalue weighted by Gasteiger charge is 2.53. The van der Waals surface area contributed by atoms with Gasteiger partial charge in [0.2, 0.25) is 0 Å². The van der Waals surface area contributed by atoms with E-state index in [1.165, 1.54) is 18.1 Å². The van der Waals surface area contributed by atoms with E-state index in [1.807, 2.05) is 13.8 Å². The molecule has 146 valence electrons. The first-order valence-electron chi connectivity index (χ1n) is 9.95. The van der Waals surface area contributed by atoms with Crippen LogP contribution < -0.4 is 0 Å². The molecule has 0 unspecified atom stereocenters. The van der Waals surface area contributed by atoms with E-state index in [0.29, 0.717) is 5.92 Å². The Morgan fingerprint density at radius 2 is 2.12 bits per heavy atom. The summed E-state index contributed by atoms with van der Waals surface area (Å²) in [5.41, 5.74) is 1.49. The van der Waals surface area contributed by atoms with Crippen molar-refractivity contribution < 1.29 is 19.4 Å². The number of aliphatic hydroxyl groups is 1. The molecule has 0 spiro atoms. The van der Waals surface area contributed by atoms with Gasteiger partial charge in [0.15, 0.2) is 0 Å². The van der Waals surface area contributed by atoms with Crippen molar-refractivity contribution in [3.05, 3.63) is 23.8 Å². The van der Waals surface area contributed by atoms with E-state index in [1.54, 1.807) is 0 Å². The predicted octanol–water partition coefficient (Wildman–Crippen LogP) is 4.18. The van der Waals surface area contributed by atoms with Gasteiger partial charge in [0.25, 0.3) is 0 Å². The van der Waals surface area contributed by atoms with Crippen LogP contribution >= 0.6 is 0 Å². The van der Waals surface area contributed by atoms with E-state index in [4.69, 9.17) is 9.47 Å². The van der Waals surface area contributed by atoms with E-state index < -0.39 is 17.3 Å². The number of esters is 1. The summed E-state index contributed by atoms with van der Waals surface area (Å²) >= 11 is 0. The van der Waals surface area contributed by atoms with Gasteiger partial charge in [0, 0.05) is 18.8 Å². The molecule has 4 heteroatoms. The summed E-state index contributed by atoms with van der Waals surface area (Å²) in [6.07, 6.45) is 6.25. The van der Waals surface area contributed by atoms with Gasteiger partial charge in [-0.05, 0) is 65.7 Å². The molecular weight excluding hydrogens is 328 g/mol. The normalized spacial score (nSPS) is 40.8. The van der Waals surface area contributed by atoms with Gasteiger partial charge in [-0.25, -0.2) is 0 Å². The van der Waals surface area contributed by atoms with E-state index >= 15 is 0 Å². The standard InChI is InChI=1S/C22H34O4/c1-13-8-10-17(20(24)19-14(2)7-9-16(13)19)22(6)12-11-18(26-22)21(4,5)25-15(3)23/h7,16-20,24H,1,8-12H2,2-6H3/t16-,17+,18+,19+,20+,22-/m0/s1. The van der Waals surface area contributed by atoms with Crippen LogP contribution in [0, 0.1) is 17.8 Å². The van der Waals surface area contributed by atoms with Gasteiger partial charge in [-0.15, -0.1) is 0 Å². The number of carbonyl (C=O) groups excluding carboxylic acids is 1. The minimum Gasteiger partial charge on any atom is -0.457 e. The summed E-state index contributed by atoms with van der Waals surface area (Å²) < 4.78 is 12.0. The van der Waals surface area contributed by atoms with Crippen LogP contribution in [0.1, 0.15) is 66.7 Å². The van der Waals surface area contributed by atoms with Crippen molar-refractivity contribution in [1.82, 2.24) is 0 Å². The van der Waals surface area contributed by atoms with Crippen molar-refractivity contribution in [3.8, 4) is 0 Å². The predicted molar refractivity (Wildman–Crippen MR) is 102 cm³/mol. The molecule has 0 amide bonds. The Kier molecular flexibility index (Phi) is 5.13. The van der Waals surface area contributed by atoms with Gasteiger partial charge in [-0.1, -0.05) is 23.8 Å². The average Bonchev–Trinajstić information content (AvgIpc) is 3.07. The van der Waals surface area contributed by atoms with Crippen LogP contribution in [0.5, 0.6) is 0 Å². The smallest absolute Gasteiger partial charge is 0.303 e. The Bertz CT molecular complexity index is 620. The summed E-state index contributed by atoms with van der Waals surface area (Å²) in [7, 11) is 0. The zero-order valence-electron chi connectivity index (χ0n) is 16.9. The van der Waals surface area contributed by atoms with Crippen molar-refractivity contribution in [3.63, 3.8) is 0 Å². The minimum absolute atomic E-state index is 0.0637. The molecule has 26 heavy (non-hydrogen) atoms. The summed E-state index contributed by atoms with van der Waals surface area (Å²) in [6, 6.07) is 0. The Balaban J connectivity index is 1.80. The lowest BCUT2D eigenvalue weighted by molar-refractivity contribution is -0.184. The Hall–Kier alpha value is -1.13. The van der Waals surface area contributed by atoms with Gasteiger partial charge in [0.05, 0.1) is 17.8 Å². The van der Waals surface area contributed by atoms with Crippen molar-refractivity contribution in [2.75, 3.05) is 0 Å². The molecule has 1 saturated heterocycles. The van der Waals surface area contributed by atoms with Crippen molar-refractivity contribution in [2.24, 2.45) is 17.8 Å². The highest BCUT2D eigenvalue weighted by Crippen LogP contribution is 2.51. The lowest BCUT2D eigenvalue weighted by Crippen LogP contribution is -2.47. The van der Waals surface area contributed by atoms with E-state index in [2.05, 4.69) is 26.5 Å². The molecule has 3 aliphatic rings. The number of fused-ring (bicyclic) bond motifs is 1. The summed E-state index contributed by atoms with van der Waals surface area (Å²) in [4.78, 5) is 11.4. The first-order valence-corrected chi connectivity index (χ1v) is 9.95. The van der Waals surface area contributed by atoms with Crippen LogP contribution in [-0.4, -0.2) is 34.5 Å². The molecular formula is C22H34O4. The Labute approximate surface area is 157 Å². The number of allylic oxidation sites excluding steroid dienone is 2. The lowest BCUT2D eigenvalue weighted by atomic mass is 9.74. The molecule has 1 saturated carbocycles. The maximum Gasteiger partial charge on any atom is 0.303 e. The summed E-state index contributed by atoms with van der Waals surface area (Å²) in [6.45, 7) is 13.8. The molecule has 4 nitrogen and oxygen atoms in total. The van der Waals surface area contributed by atoms with Gasteiger partial charge in [-0.3, -0.25) is 4.79 Å². The molecule has 0 aromatic rings. The zero-order chi connectivity index (χ0) is 19.3. The third-order valence-electron chi connectivity index (χ3n) is 7.01. The third-order valence-corrected chi connectivity index (χ3v) is 7.01. The molecule has 1 aliphatic heterocycles. The topological polar surface area (TPSA) is 55.8 Å². The highest BCUT2D eigenvalue weighted by molar-refractivity contribution is 5.66. The molecule has 1 N–H and O–H groups in total. The van der Waals surface area contributed by atoms with Crippen LogP contribution in [0.2, 0.25) is 0 Å². The van der Waals surface area contributed by atoms with Crippen LogP contribution in [0.15, 0.2) is 23.8 Å². The minimum atomic E-state index is -0.658. The van der Waals surface area contributed by atoms with Crippen molar-refractivity contribution in [1.29, 1.82) is 0 Å². The van der Waals surface area contributed by atoms with Crippen molar-refractivity contribution in [2.45, 2.75) is 90.1 Å². The molecule has 0 bridgehead atoms. The first-order chi connectivity index (χ1) is 12.0. The van der Waals surface area contributed by atoms with Crippen LogP contribution in [0.25, 0.3) is 0 Å². The monoisotopic (exact) mass is 362 g/mol. The van der Waals surface area contributed by atoms with Crippen LogP contribution in [0.4, 0.5) is 0 Å². The summed E-state index contributed by atoms with van der Waals surface area (Å²) in [5, 5.41) is 11.3. The Morgan fingerprint density at radius 3 is 2.77 bits per heavy atom. The fraction of sp³-hybridized carbons (Fsp3) is 0.773. The largest absolute Gasteiger partial charge is 0.457 e. The summed E-state index contributed by atoms with van der Waals surface area (Å²) in [5.74, 6) is 0.311.